The van der Waals surface area contributed by atoms with E-state index in [4.69, 9.17) is 9.47 Å². The predicted octanol–water partition coefficient (Wildman–Crippen LogP) is 5.58. The molecule has 3 rings (SSSR count). The van der Waals surface area contributed by atoms with Crippen LogP contribution in [0.3, 0.4) is 0 Å². The van der Waals surface area contributed by atoms with Crippen molar-refractivity contribution in [1.29, 1.82) is 0 Å². The van der Waals surface area contributed by atoms with Crippen molar-refractivity contribution in [3.05, 3.63) is 60.7 Å². The lowest BCUT2D eigenvalue weighted by Gasteiger charge is -2.02. The van der Waals surface area contributed by atoms with E-state index in [2.05, 4.69) is 36.4 Å². The van der Waals surface area contributed by atoms with Crippen molar-refractivity contribution in [3.8, 4) is 21.9 Å². The topological polar surface area (TPSA) is 18.5 Å². The van der Waals surface area contributed by atoms with Gasteiger partial charge in [0.15, 0.2) is 0 Å². The molecule has 0 unspecified atom stereocenters. The minimum Gasteiger partial charge on any atom is -0.497 e. The molecule has 2 nitrogen and oxygen atoms in total. The highest BCUT2D eigenvalue weighted by atomic mass is 32.2. The van der Waals surface area contributed by atoms with Crippen molar-refractivity contribution in [3.63, 3.8) is 0 Å². The van der Waals surface area contributed by atoms with Crippen LogP contribution in [-0.2, 0) is 0 Å². The highest BCUT2D eigenvalue weighted by Gasteiger charge is 2.05. The first kappa shape index (κ1) is 15.0. The van der Waals surface area contributed by atoms with Crippen LogP contribution in [0.5, 0.6) is 11.5 Å². The van der Waals surface area contributed by atoms with Gasteiger partial charge in [0.05, 0.1) is 18.4 Å². The molecule has 0 radical (unpaired) electrons. The zero-order chi connectivity index (χ0) is 15.4. The van der Waals surface area contributed by atoms with E-state index in [9.17, 15) is 0 Å². The quantitative estimate of drug-likeness (QED) is 0.609. The normalized spacial score (nSPS) is 10.5. The number of benzene rings is 2. The van der Waals surface area contributed by atoms with Crippen LogP contribution in [0.1, 0.15) is 0 Å². The summed E-state index contributed by atoms with van der Waals surface area (Å²) in [5.41, 5.74) is 1.22. The van der Waals surface area contributed by atoms with Gasteiger partial charge >= 0.3 is 0 Å². The minimum atomic E-state index is 0.883. The molecule has 0 aliphatic heterocycles. The number of thiophene rings is 1. The number of ether oxygens (including phenoxy) is 2. The van der Waals surface area contributed by atoms with Crippen molar-refractivity contribution >= 4 is 23.1 Å². The summed E-state index contributed by atoms with van der Waals surface area (Å²) in [5.74, 6) is 1.77. The molecule has 0 saturated carbocycles. The summed E-state index contributed by atoms with van der Waals surface area (Å²) >= 11 is 3.56. The molecule has 0 saturated heterocycles. The molecule has 2 aromatic carbocycles. The molecule has 0 bridgehead atoms. The zero-order valence-corrected chi connectivity index (χ0v) is 14.0. The number of hydrogen-bond donors (Lipinski definition) is 0. The highest BCUT2D eigenvalue weighted by molar-refractivity contribution is 8.01. The second kappa shape index (κ2) is 6.90. The maximum Gasteiger partial charge on any atom is 0.118 e. The third-order valence-corrected chi connectivity index (χ3v) is 5.51. The molecular weight excluding hydrogens is 312 g/mol. The number of hydrogen-bond acceptors (Lipinski definition) is 4. The van der Waals surface area contributed by atoms with Gasteiger partial charge < -0.3 is 9.47 Å². The lowest BCUT2D eigenvalue weighted by molar-refractivity contribution is 0.414. The van der Waals surface area contributed by atoms with Crippen LogP contribution in [0.25, 0.3) is 10.4 Å². The van der Waals surface area contributed by atoms with Gasteiger partial charge in [0.2, 0.25) is 0 Å². The number of rotatable bonds is 5. The lowest BCUT2D eigenvalue weighted by Crippen LogP contribution is -1.81. The first-order valence-electron chi connectivity index (χ1n) is 6.84. The van der Waals surface area contributed by atoms with Gasteiger partial charge in [-0.1, -0.05) is 11.8 Å². The largest absolute Gasteiger partial charge is 0.497 e. The van der Waals surface area contributed by atoms with Gasteiger partial charge in [-0.25, -0.2) is 0 Å². The van der Waals surface area contributed by atoms with Crippen LogP contribution >= 0.6 is 23.1 Å². The maximum absolute atomic E-state index is 5.20. The van der Waals surface area contributed by atoms with Crippen molar-refractivity contribution in [2.75, 3.05) is 14.2 Å². The zero-order valence-electron chi connectivity index (χ0n) is 12.4. The Morgan fingerprint density at radius 1 is 0.727 bits per heavy atom. The van der Waals surface area contributed by atoms with Crippen LogP contribution in [0, 0.1) is 0 Å². The van der Waals surface area contributed by atoms with E-state index in [1.165, 1.54) is 19.5 Å². The van der Waals surface area contributed by atoms with Crippen molar-refractivity contribution in [1.82, 2.24) is 0 Å². The molecule has 0 aliphatic rings. The predicted molar refractivity (Wildman–Crippen MR) is 93.4 cm³/mol. The van der Waals surface area contributed by atoms with Gasteiger partial charge in [0, 0.05) is 9.77 Å². The van der Waals surface area contributed by atoms with E-state index >= 15 is 0 Å². The van der Waals surface area contributed by atoms with Gasteiger partial charge in [0.25, 0.3) is 0 Å². The molecule has 0 spiro atoms. The lowest BCUT2D eigenvalue weighted by atomic mass is 10.2. The van der Waals surface area contributed by atoms with Crippen molar-refractivity contribution in [2.24, 2.45) is 0 Å². The van der Waals surface area contributed by atoms with Gasteiger partial charge in [-0.15, -0.1) is 11.3 Å². The average molecular weight is 328 g/mol. The van der Waals surface area contributed by atoms with Crippen LogP contribution in [-0.4, -0.2) is 14.2 Å². The summed E-state index contributed by atoms with van der Waals surface area (Å²) in [7, 11) is 3.37. The molecule has 1 aromatic heterocycles. The first-order chi connectivity index (χ1) is 10.8. The third kappa shape index (κ3) is 3.46. The standard InChI is InChI=1S/C18H16O2S2/c1-19-14-5-3-13(4-6-14)17-11-12-18(22-17)21-16-9-7-15(20-2)8-10-16/h3-12H,1-2H3. The molecule has 0 fully saturated rings. The van der Waals surface area contributed by atoms with Crippen molar-refractivity contribution in [2.45, 2.75) is 9.10 Å². The Labute approximate surface area is 138 Å². The Balaban J connectivity index is 1.74. The maximum atomic E-state index is 5.20. The van der Waals surface area contributed by atoms with Gasteiger partial charge in [0.1, 0.15) is 11.5 Å². The molecule has 1 heterocycles. The fourth-order valence-electron chi connectivity index (χ4n) is 2.05. The van der Waals surface area contributed by atoms with Gasteiger partial charge in [-0.05, 0) is 66.2 Å². The summed E-state index contributed by atoms with van der Waals surface area (Å²) in [6.07, 6.45) is 0. The highest BCUT2D eigenvalue weighted by Crippen LogP contribution is 2.38. The molecular formula is C18H16O2S2. The number of methoxy groups -OCH3 is 2. The smallest absolute Gasteiger partial charge is 0.118 e. The average Bonchev–Trinajstić information content (AvgIpc) is 3.04. The summed E-state index contributed by atoms with van der Waals surface area (Å²) in [5, 5.41) is 0. The summed E-state index contributed by atoms with van der Waals surface area (Å²) in [4.78, 5) is 2.47. The molecule has 0 amide bonds. The molecule has 3 aromatic rings. The van der Waals surface area contributed by atoms with E-state index in [0.29, 0.717) is 0 Å². The molecule has 112 valence electrons. The molecule has 4 heteroatoms. The summed E-state index contributed by atoms with van der Waals surface area (Å²) < 4.78 is 11.7. The SMILES string of the molecule is COc1ccc(Sc2ccc(-c3ccc(OC)cc3)s2)cc1. The van der Waals surface area contributed by atoms with Crippen LogP contribution in [0.4, 0.5) is 0 Å². The van der Waals surface area contributed by atoms with E-state index in [0.717, 1.165) is 11.5 Å². The Morgan fingerprint density at radius 3 is 1.91 bits per heavy atom. The van der Waals surface area contributed by atoms with Gasteiger partial charge in [-0.3, -0.25) is 0 Å². The Hall–Kier alpha value is -1.91. The fourth-order valence-corrected chi connectivity index (χ4v) is 4.15. The van der Waals surface area contributed by atoms with E-state index in [1.807, 2.05) is 24.3 Å². The van der Waals surface area contributed by atoms with E-state index < -0.39 is 0 Å². The third-order valence-electron chi connectivity index (χ3n) is 3.23. The first-order valence-corrected chi connectivity index (χ1v) is 8.48. The second-order valence-electron chi connectivity index (χ2n) is 4.62. The minimum absolute atomic E-state index is 0.883. The summed E-state index contributed by atoms with van der Waals surface area (Å²) in [6.45, 7) is 0. The fraction of sp³-hybridized carbons (Fsp3) is 0.111. The van der Waals surface area contributed by atoms with Crippen LogP contribution in [0.15, 0.2) is 69.8 Å². The molecule has 0 atom stereocenters. The molecule has 0 N–H and O–H groups in total. The summed E-state index contributed by atoms with van der Waals surface area (Å²) in [6, 6.07) is 20.6. The van der Waals surface area contributed by atoms with E-state index in [-0.39, 0.29) is 0 Å². The van der Waals surface area contributed by atoms with E-state index in [1.54, 1.807) is 37.3 Å². The second-order valence-corrected chi connectivity index (χ2v) is 7.08. The molecule has 0 aliphatic carbocycles. The van der Waals surface area contributed by atoms with Crippen LogP contribution in [0.2, 0.25) is 0 Å². The molecule has 22 heavy (non-hydrogen) atoms. The Morgan fingerprint density at radius 2 is 1.32 bits per heavy atom. The van der Waals surface area contributed by atoms with Gasteiger partial charge in [-0.2, -0.15) is 0 Å². The van der Waals surface area contributed by atoms with Crippen molar-refractivity contribution < 1.29 is 9.47 Å². The van der Waals surface area contributed by atoms with Crippen LogP contribution < -0.4 is 9.47 Å². The Kier molecular flexibility index (Phi) is 4.71. The monoisotopic (exact) mass is 328 g/mol. The Bertz CT molecular complexity index is 731.